The third-order valence-corrected chi connectivity index (χ3v) is 6.17. The van der Waals surface area contributed by atoms with Crippen molar-refractivity contribution in [3.8, 4) is 5.88 Å². The molecule has 2 aromatic heterocycles. The third kappa shape index (κ3) is 4.03. The number of halogens is 1. The molecule has 2 heterocycles. The van der Waals surface area contributed by atoms with Crippen molar-refractivity contribution >= 4 is 44.7 Å². The summed E-state index contributed by atoms with van der Waals surface area (Å²) in [6.45, 7) is 0. The van der Waals surface area contributed by atoms with Crippen LogP contribution in [0.25, 0.3) is 0 Å². The van der Waals surface area contributed by atoms with E-state index in [0.29, 0.717) is 5.69 Å². The van der Waals surface area contributed by atoms with Gasteiger partial charge in [0.1, 0.15) is 16.4 Å². The first-order chi connectivity index (χ1) is 15.3. The highest BCUT2D eigenvalue weighted by molar-refractivity contribution is 7.92. The number of aromatic nitrogens is 3. The zero-order chi connectivity index (χ0) is 22.9. The summed E-state index contributed by atoms with van der Waals surface area (Å²) in [5.74, 6) is -0.809. The van der Waals surface area contributed by atoms with Crippen LogP contribution in [0.2, 0.25) is 0 Å². The Labute approximate surface area is 187 Å². The van der Waals surface area contributed by atoms with Crippen molar-refractivity contribution < 1.29 is 22.7 Å². The van der Waals surface area contributed by atoms with Gasteiger partial charge in [-0.2, -0.15) is 0 Å². The molecule has 1 aromatic carbocycles. The minimum Gasteiger partial charge on any atom is -0.480 e. The second-order valence-electron chi connectivity index (χ2n) is 6.46. The Kier molecular flexibility index (Phi) is 5.59. The molecular formula is C20H14ClN5O5S. The molecule has 10 nitrogen and oxygen atoms in total. The second-order valence-corrected chi connectivity index (χ2v) is 8.52. The summed E-state index contributed by atoms with van der Waals surface area (Å²) in [5, 5.41) is 9.92. The van der Waals surface area contributed by atoms with E-state index < -0.39 is 21.6 Å². The highest BCUT2D eigenvalue weighted by Crippen LogP contribution is 2.28. The lowest BCUT2D eigenvalue weighted by molar-refractivity contribution is 0.0978. The molecule has 0 bridgehead atoms. The zero-order valence-electron chi connectivity index (χ0n) is 16.4. The number of methoxy groups -OCH3 is 1. The predicted octanol–water partition coefficient (Wildman–Crippen LogP) is 2.62. The summed E-state index contributed by atoms with van der Waals surface area (Å²) in [7, 11) is -2.53. The number of carbonyl (C=O) groups excluding carboxylic acids is 2. The van der Waals surface area contributed by atoms with Gasteiger partial charge in [0.05, 0.1) is 17.6 Å². The van der Waals surface area contributed by atoms with Gasteiger partial charge in [0, 0.05) is 18.0 Å². The van der Waals surface area contributed by atoms with Crippen LogP contribution in [0.5, 0.6) is 5.88 Å². The monoisotopic (exact) mass is 471 g/mol. The van der Waals surface area contributed by atoms with Crippen LogP contribution in [0, 0.1) is 0 Å². The maximum atomic E-state index is 12.7. The van der Waals surface area contributed by atoms with Crippen LogP contribution < -0.4 is 14.8 Å². The van der Waals surface area contributed by atoms with E-state index in [1.165, 1.54) is 55.8 Å². The lowest BCUT2D eigenvalue weighted by Gasteiger charge is -2.18. The van der Waals surface area contributed by atoms with Crippen LogP contribution >= 0.6 is 11.6 Å². The SMILES string of the molecule is COc1ccc(NS(=O)(=O)c2ccc(NC3=C(Cl)C(=O)c4ncccc4C3=O)cc2)nn1. The Morgan fingerprint density at radius 2 is 1.72 bits per heavy atom. The molecule has 0 unspecified atom stereocenters. The highest BCUT2D eigenvalue weighted by atomic mass is 35.5. The molecule has 4 rings (SSSR count). The molecule has 0 atom stereocenters. The van der Waals surface area contributed by atoms with Crippen LogP contribution in [0.4, 0.5) is 11.5 Å². The molecule has 12 heteroatoms. The molecule has 1 aliphatic rings. The van der Waals surface area contributed by atoms with Crippen LogP contribution in [0.3, 0.4) is 0 Å². The molecule has 0 spiro atoms. The molecule has 0 amide bonds. The van der Waals surface area contributed by atoms with Crippen molar-refractivity contribution in [2.24, 2.45) is 0 Å². The maximum Gasteiger partial charge on any atom is 0.263 e. The number of carbonyl (C=O) groups is 2. The number of hydrogen-bond acceptors (Lipinski definition) is 9. The number of Topliss-reactive ketones (excluding diaryl/α,β-unsaturated/α-hetero) is 2. The summed E-state index contributed by atoms with van der Waals surface area (Å²) < 4.78 is 32.3. The quantitative estimate of drug-likeness (QED) is 0.554. The molecule has 0 aliphatic heterocycles. The summed E-state index contributed by atoms with van der Waals surface area (Å²) in [5.41, 5.74) is 0.366. The lowest BCUT2D eigenvalue weighted by atomic mass is 9.97. The average Bonchev–Trinajstić information content (AvgIpc) is 2.81. The number of nitrogens with zero attached hydrogens (tertiary/aromatic N) is 3. The van der Waals surface area contributed by atoms with Crippen LogP contribution in [-0.2, 0) is 10.0 Å². The van der Waals surface area contributed by atoms with Gasteiger partial charge in [0.2, 0.25) is 17.4 Å². The van der Waals surface area contributed by atoms with Crippen molar-refractivity contribution in [3.05, 3.63) is 76.7 Å². The van der Waals surface area contributed by atoms with E-state index in [4.69, 9.17) is 16.3 Å². The highest BCUT2D eigenvalue weighted by Gasteiger charge is 2.32. The van der Waals surface area contributed by atoms with Crippen molar-refractivity contribution in [1.29, 1.82) is 0 Å². The Balaban J connectivity index is 1.54. The van der Waals surface area contributed by atoms with E-state index in [1.807, 2.05) is 0 Å². The number of hydrogen-bond donors (Lipinski definition) is 2. The minimum absolute atomic E-state index is 0.0119. The fourth-order valence-electron chi connectivity index (χ4n) is 2.87. The molecule has 32 heavy (non-hydrogen) atoms. The van der Waals surface area contributed by atoms with Gasteiger partial charge < -0.3 is 10.1 Å². The molecule has 0 saturated heterocycles. The first-order valence-electron chi connectivity index (χ1n) is 9.02. The molecule has 0 saturated carbocycles. The van der Waals surface area contributed by atoms with Crippen LogP contribution in [0.1, 0.15) is 20.8 Å². The molecule has 0 radical (unpaired) electrons. The fourth-order valence-corrected chi connectivity index (χ4v) is 4.09. The van der Waals surface area contributed by atoms with Crippen molar-refractivity contribution in [2.75, 3.05) is 17.1 Å². The third-order valence-electron chi connectivity index (χ3n) is 4.44. The molecule has 162 valence electrons. The number of pyridine rings is 1. The Bertz CT molecular complexity index is 1360. The van der Waals surface area contributed by atoms with Crippen molar-refractivity contribution in [2.45, 2.75) is 4.90 Å². The Hall–Kier alpha value is -3.83. The van der Waals surface area contributed by atoms with E-state index in [9.17, 15) is 18.0 Å². The summed E-state index contributed by atoms with van der Waals surface area (Å²) in [6.07, 6.45) is 1.40. The standard InChI is InChI=1S/C20H14ClN5O5S/c1-31-15-9-8-14(24-25-15)26-32(29,30)12-6-4-11(5-7-12)23-18-16(21)20(28)17-13(19(18)27)3-2-10-22-17/h2-10,23H,1H3,(H,24,26). The van der Waals surface area contributed by atoms with Crippen molar-refractivity contribution in [3.63, 3.8) is 0 Å². The zero-order valence-corrected chi connectivity index (χ0v) is 17.9. The van der Waals surface area contributed by atoms with Crippen LogP contribution in [-0.4, -0.2) is 42.3 Å². The lowest BCUT2D eigenvalue weighted by Crippen LogP contribution is -2.25. The number of ketones is 2. The van der Waals surface area contributed by atoms with Gasteiger partial charge in [-0.3, -0.25) is 19.3 Å². The molecular weight excluding hydrogens is 458 g/mol. The number of ether oxygens (including phenoxy) is 1. The maximum absolute atomic E-state index is 12.7. The van der Waals surface area contributed by atoms with Crippen LogP contribution in [0.15, 0.2) is 70.4 Å². The van der Waals surface area contributed by atoms with E-state index in [0.717, 1.165) is 0 Å². The van der Waals surface area contributed by atoms with Gasteiger partial charge in [-0.15, -0.1) is 10.2 Å². The van der Waals surface area contributed by atoms with Gasteiger partial charge >= 0.3 is 0 Å². The first kappa shape index (κ1) is 21.4. The molecule has 3 aromatic rings. The van der Waals surface area contributed by atoms with Gasteiger partial charge in [0.15, 0.2) is 5.82 Å². The van der Waals surface area contributed by atoms with E-state index >= 15 is 0 Å². The fraction of sp³-hybridized carbons (Fsp3) is 0.0500. The number of nitrogens with one attached hydrogen (secondary N) is 2. The number of rotatable bonds is 6. The largest absolute Gasteiger partial charge is 0.480 e. The van der Waals surface area contributed by atoms with Gasteiger partial charge in [0.25, 0.3) is 10.0 Å². The second kappa shape index (κ2) is 8.36. The normalized spacial score (nSPS) is 13.6. The first-order valence-corrected chi connectivity index (χ1v) is 10.9. The number of benzene rings is 1. The number of anilines is 2. The Morgan fingerprint density at radius 3 is 2.38 bits per heavy atom. The topological polar surface area (TPSA) is 140 Å². The van der Waals surface area contributed by atoms with Gasteiger partial charge in [-0.25, -0.2) is 8.42 Å². The average molecular weight is 472 g/mol. The minimum atomic E-state index is -3.94. The Morgan fingerprint density at radius 1 is 0.969 bits per heavy atom. The van der Waals surface area contributed by atoms with Crippen molar-refractivity contribution in [1.82, 2.24) is 15.2 Å². The van der Waals surface area contributed by atoms with E-state index in [2.05, 4.69) is 25.2 Å². The smallest absolute Gasteiger partial charge is 0.263 e. The molecule has 1 aliphatic carbocycles. The number of allylic oxidation sites excluding steroid dienone is 2. The van der Waals surface area contributed by atoms with Gasteiger partial charge in [-0.1, -0.05) is 11.6 Å². The molecule has 2 N–H and O–H groups in total. The predicted molar refractivity (Wildman–Crippen MR) is 115 cm³/mol. The summed E-state index contributed by atoms with van der Waals surface area (Å²) >= 11 is 6.10. The summed E-state index contributed by atoms with van der Waals surface area (Å²) in [4.78, 5) is 29.0. The number of sulfonamides is 1. The molecule has 0 fully saturated rings. The van der Waals surface area contributed by atoms with E-state index in [-0.39, 0.29) is 38.6 Å². The van der Waals surface area contributed by atoms with Gasteiger partial charge in [-0.05, 0) is 42.5 Å². The summed E-state index contributed by atoms with van der Waals surface area (Å²) in [6, 6.07) is 11.4. The number of fused-ring (bicyclic) bond motifs is 1. The van der Waals surface area contributed by atoms with E-state index in [1.54, 1.807) is 6.07 Å².